The normalized spacial score (nSPS) is 12.8. The van der Waals surface area contributed by atoms with Gasteiger partial charge in [0, 0.05) is 68.0 Å². The van der Waals surface area contributed by atoms with Crippen LogP contribution in [0.25, 0.3) is 0 Å². The molecule has 0 unspecified atom stereocenters. The number of likely N-dealkylation sites (N-methyl/N-ethyl adjacent to an activating group) is 1. The van der Waals surface area contributed by atoms with E-state index in [0.29, 0.717) is 40.3 Å². The first-order chi connectivity index (χ1) is 28.0. The zero-order valence-corrected chi connectivity index (χ0v) is 33.0. The van der Waals surface area contributed by atoms with E-state index in [2.05, 4.69) is 53.9 Å². The van der Waals surface area contributed by atoms with Gasteiger partial charge in [0.1, 0.15) is 11.5 Å². The Bertz CT molecular complexity index is 2260. The molecular formula is C41H42ClN9O7. The van der Waals surface area contributed by atoms with E-state index in [0.717, 1.165) is 30.9 Å². The molecule has 3 heterocycles. The number of hydrogen-bond acceptors (Lipinski definition) is 13. The number of nitrogens with one attached hydrogen (secondary N) is 3. The first-order valence-electron chi connectivity index (χ1n) is 17.7. The zero-order chi connectivity index (χ0) is 41.6. The molecule has 6 rings (SSSR count). The van der Waals surface area contributed by atoms with Gasteiger partial charge in [0.25, 0.3) is 11.8 Å². The molecule has 3 amide bonds. The molecule has 17 heteroatoms. The highest BCUT2D eigenvalue weighted by atomic mass is 35.5. The molecular weight excluding hydrogens is 766 g/mol. The third kappa shape index (κ3) is 11.7. The molecule has 1 aliphatic rings. The standard InChI is InChI=1S/C27H30N6O4.C14H12ClN3O3/c1-5-25(35)29-20-7-6-8-23(15-20)37-26-24(36-4)16-28-27(31-26)30-19-9-11-21(12-10-19)32(3)22-13-14-33(17-22)18(2)34;1-3-12(19)17-9-5-4-6-10(7-9)21-13-11(20-2)8-16-14(15)18-13/h5-12,15-16,22H,1,13-14,17H2,2-4H3,(H,29,35)(H,28,30,31);3-8H,1H2,2H3,(H,17,19)/t22-;/m1./s1. The van der Waals surface area contributed by atoms with Gasteiger partial charge in [0.2, 0.25) is 29.0 Å². The first-order valence-corrected chi connectivity index (χ1v) is 18.1. The lowest BCUT2D eigenvalue weighted by atomic mass is 10.2. The molecule has 0 saturated carbocycles. The minimum atomic E-state index is -0.318. The maximum atomic E-state index is 11.7. The van der Waals surface area contributed by atoms with Gasteiger partial charge in [0.05, 0.1) is 26.6 Å². The Hall–Kier alpha value is -7.20. The summed E-state index contributed by atoms with van der Waals surface area (Å²) in [6.45, 7) is 9.98. The van der Waals surface area contributed by atoms with Gasteiger partial charge in [-0.3, -0.25) is 14.4 Å². The largest absolute Gasteiger partial charge is 0.490 e. The molecule has 3 N–H and O–H groups in total. The lowest BCUT2D eigenvalue weighted by Crippen LogP contribution is -2.35. The van der Waals surface area contributed by atoms with Crippen molar-refractivity contribution in [3.63, 3.8) is 0 Å². The van der Waals surface area contributed by atoms with E-state index in [-0.39, 0.29) is 40.8 Å². The highest BCUT2D eigenvalue weighted by Gasteiger charge is 2.27. The van der Waals surface area contributed by atoms with E-state index in [1.54, 1.807) is 55.5 Å². The van der Waals surface area contributed by atoms with Crippen molar-refractivity contribution in [2.75, 3.05) is 55.2 Å². The maximum Gasteiger partial charge on any atom is 0.267 e. The highest BCUT2D eigenvalue weighted by Crippen LogP contribution is 2.33. The molecule has 1 fully saturated rings. The van der Waals surface area contributed by atoms with E-state index in [1.165, 1.54) is 38.8 Å². The number of ether oxygens (including phenoxy) is 4. The van der Waals surface area contributed by atoms with Crippen LogP contribution in [0.4, 0.5) is 28.7 Å². The Morgan fingerprint density at radius 3 is 1.88 bits per heavy atom. The topological polar surface area (TPSA) is 182 Å². The SMILES string of the molecule is C=CC(=O)Nc1cccc(Oc2nc(Cl)ncc2OC)c1.C=CC(=O)Nc1cccc(Oc2nc(Nc3ccc(N(C)[C@@H]4CCN(C(C)=O)C4)cc3)ncc2OC)c1. The van der Waals surface area contributed by atoms with Gasteiger partial charge in [-0.2, -0.15) is 9.97 Å². The Morgan fingerprint density at radius 2 is 1.36 bits per heavy atom. The number of methoxy groups -OCH3 is 2. The molecule has 1 aliphatic heterocycles. The molecule has 0 radical (unpaired) electrons. The number of aromatic nitrogens is 4. The smallest absolute Gasteiger partial charge is 0.267 e. The molecule has 300 valence electrons. The minimum Gasteiger partial charge on any atom is -0.490 e. The summed E-state index contributed by atoms with van der Waals surface area (Å²) in [6, 6.07) is 21.9. The van der Waals surface area contributed by atoms with Gasteiger partial charge < -0.3 is 44.7 Å². The van der Waals surface area contributed by atoms with Crippen LogP contribution in [0.3, 0.4) is 0 Å². The molecule has 1 saturated heterocycles. The zero-order valence-electron chi connectivity index (χ0n) is 32.3. The number of anilines is 5. The fraction of sp³-hybridized carbons (Fsp3) is 0.195. The van der Waals surface area contributed by atoms with E-state index in [1.807, 2.05) is 36.2 Å². The molecule has 0 spiro atoms. The third-order valence-electron chi connectivity index (χ3n) is 8.55. The van der Waals surface area contributed by atoms with Gasteiger partial charge in [-0.15, -0.1) is 0 Å². The third-order valence-corrected chi connectivity index (χ3v) is 8.73. The van der Waals surface area contributed by atoms with Crippen molar-refractivity contribution in [1.82, 2.24) is 24.8 Å². The number of nitrogens with zero attached hydrogens (tertiary/aromatic N) is 6. The summed E-state index contributed by atoms with van der Waals surface area (Å²) >= 11 is 5.73. The average molecular weight is 808 g/mol. The van der Waals surface area contributed by atoms with E-state index < -0.39 is 0 Å². The van der Waals surface area contributed by atoms with E-state index in [9.17, 15) is 14.4 Å². The van der Waals surface area contributed by atoms with Crippen LogP contribution in [0.5, 0.6) is 34.8 Å². The number of amides is 3. The van der Waals surface area contributed by atoms with Crippen LogP contribution in [0.1, 0.15) is 13.3 Å². The molecule has 0 aliphatic carbocycles. The fourth-order valence-electron chi connectivity index (χ4n) is 5.52. The maximum absolute atomic E-state index is 11.7. The Kier molecular flexibility index (Phi) is 14.5. The molecule has 0 bridgehead atoms. The number of benzene rings is 3. The van der Waals surface area contributed by atoms with Gasteiger partial charge in [-0.25, -0.2) is 9.97 Å². The summed E-state index contributed by atoms with van der Waals surface area (Å²) in [5.41, 5.74) is 2.99. The average Bonchev–Trinajstić information content (AvgIpc) is 3.73. The predicted octanol–water partition coefficient (Wildman–Crippen LogP) is 7.26. The van der Waals surface area contributed by atoms with Crippen LogP contribution in [-0.2, 0) is 14.4 Å². The van der Waals surface area contributed by atoms with Crippen LogP contribution in [0.15, 0.2) is 111 Å². The summed E-state index contributed by atoms with van der Waals surface area (Å²) in [5.74, 6) is 1.86. The lowest BCUT2D eigenvalue weighted by Gasteiger charge is -2.27. The molecule has 16 nitrogen and oxygen atoms in total. The predicted molar refractivity (Wildman–Crippen MR) is 222 cm³/mol. The highest BCUT2D eigenvalue weighted by molar-refractivity contribution is 6.28. The van der Waals surface area contributed by atoms with Gasteiger partial charge >= 0.3 is 0 Å². The summed E-state index contributed by atoms with van der Waals surface area (Å²) < 4.78 is 22.0. The van der Waals surface area contributed by atoms with Crippen LogP contribution >= 0.6 is 11.6 Å². The Labute approximate surface area is 340 Å². The summed E-state index contributed by atoms with van der Waals surface area (Å²) in [4.78, 5) is 55.1. The molecule has 2 aromatic heterocycles. The Balaban J connectivity index is 0.000000258. The van der Waals surface area contributed by atoms with Crippen molar-refractivity contribution in [1.29, 1.82) is 0 Å². The number of rotatable bonds is 14. The number of likely N-dealkylation sites (tertiary alicyclic amines) is 1. The number of carbonyl (C=O) groups excluding carboxylic acids is 3. The van der Waals surface area contributed by atoms with Crippen molar-refractivity contribution >= 4 is 58.0 Å². The van der Waals surface area contributed by atoms with Crippen LogP contribution < -0.4 is 39.8 Å². The minimum absolute atomic E-state index is 0.0434. The Morgan fingerprint density at radius 1 is 0.810 bits per heavy atom. The van der Waals surface area contributed by atoms with Crippen molar-refractivity contribution in [2.24, 2.45) is 0 Å². The van der Waals surface area contributed by atoms with Crippen LogP contribution in [-0.4, -0.2) is 83.0 Å². The second-order valence-corrected chi connectivity index (χ2v) is 12.8. The lowest BCUT2D eigenvalue weighted by molar-refractivity contribution is -0.127. The summed E-state index contributed by atoms with van der Waals surface area (Å²) in [7, 11) is 5.03. The quantitative estimate of drug-likeness (QED) is 0.0754. The second-order valence-electron chi connectivity index (χ2n) is 12.4. The summed E-state index contributed by atoms with van der Waals surface area (Å²) in [6.07, 6.45) is 6.26. The van der Waals surface area contributed by atoms with Crippen molar-refractivity contribution in [2.45, 2.75) is 19.4 Å². The van der Waals surface area contributed by atoms with Crippen LogP contribution in [0.2, 0.25) is 5.28 Å². The van der Waals surface area contributed by atoms with Crippen molar-refractivity contribution in [3.05, 3.63) is 116 Å². The molecule has 58 heavy (non-hydrogen) atoms. The van der Waals surface area contributed by atoms with Crippen LogP contribution in [0, 0.1) is 0 Å². The molecule has 5 aromatic rings. The molecule has 1 atom stereocenters. The number of carbonyl (C=O) groups is 3. The van der Waals surface area contributed by atoms with E-state index >= 15 is 0 Å². The number of hydrogen-bond donors (Lipinski definition) is 3. The second kappa shape index (κ2) is 20.1. The number of halogens is 1. The van der Waals surface area contributed by atoms with Gasteiger partial charge in [0.15, 0.2) is 11.5 Å². The fourth-order valence-corrected chi connectivity index (χ4v) is 5.65. The first kappa shape index (κ1) is 42.0. The van der Waals surface area contributed by atoms with Gasteiger partial charge in [-0.1, -0.05) is 25.3 Å². The van der Waals surface area contributed by atoms with Crippen molar-refractivity contribution < 1.29 is 33.3 Å². The van der Waals surface area contributed by atoms with Gasteiger partial charge in [-0.05, 0) is 78.7 Å². The monoisotopic (exact) mass is 807 g/mol. The van der Waals surface area contributed by atoms with E-state index in [4.69, 9.17) is 30.5 Å². The van der Waals surface area contributed by atoms with Crippen molar-refractivity contribution in [3.8, 4) is 34.8 Å². The summed E-state index contributed by atoms with van der Waals surface area (Å²) in [5, 5.41) is 8.55. The molecule has 3 aromatic carbocycles.